The maximum Gasteiger partial charge on any atom is 0.416 e. The molecule has 0 aliphatic carbocycles. The molecule has 0 saturated carbocycles. The van der Waals surface area contributed by atoms with Crippen LogP contribution in [0.3, 0.4) is 0 Å². The van der Waals surface area contributed by atoms with Gasteiger partial charge in [0.1, 0.15) is 6.33 Å². The van der Waals surface area contributed by atoms with E-state index in [9.17, 15) is 21.6 Å². The molecule has 0 unspecified atom stereocenters. The van der Waals surface area contributed by atoms with Crippen LogP contribution in [0.5, 0.6) is 0 Å². The first-order chi connectivity index (χ1) is 16.6. The minimum Gasteiger partial charge on any atom is -0.350 e. The van der Waals surface area contributed by atoms with Crippen molar-refractivity contribution >= 4 is 21.6 Å². The lowest BCUT2D eigenvalue weighted by molar-refractivity contribution is -0.137. The third kappa shape index (κ3) is 4.71. The van der Waals surface area contributed by atoms with E-state index in [2.05, 4.69) is 30.6 Å². The fraction of sp³-hybridized carbons (Fsp3) is 0.333. The minimum atomic E-state index is -4.51. The summed E-state index contributed by atoms with van der Waals surface area (Å²) < 4.78 is 66.6. The monoisotopic (exact) mass is 506 g/mol. The highest BCUT2D eigenvalue weighted by atomic mass is 32.2. The highest BCUT2D eigenvalue weighted by molar-refractivity contribution is 7.88. The number of nitrogens with zero attached hydrogens (tertiary/aromatic N) is 6. The normalized spacial score (nSPS) is 16.1. The average Bonchev–Trinajstić information content (AvgIpc) is 3.47. The minimum absolute atomic E-state index is 0.0521. The maximum atomic E-state index is 13.4. The smallest absolute Gasteiger partial charge is 0.350 e. The largest absolute Gasteiger partial charge is 0.416 e. The predicted octanol–water partition coefficient (Wildman–Crippen LogP) is 3.04. The number of nitrogens with one attached hydrogen (secondary N) is 2. The molecule has 1 aliphatic heterocycles. The molecule has 10 nitrogen and oxygen atoms in total. The zero-order valence-electron chi connectivity index (χ0n) is 18.5. The topological polar surface area (TPSA) is 121 Å². The van der Waals surface area contributed by atoms with Crippen molar-refractivity contribution in [3.63, 3.8) is 0 Å². The molecule has 4 heterocycles. The Hall–Kier alpha value is -3.52. The van der Waals surface area contributed by atoms with E-state index in [-0.39, 0.29) is 17.6 Å². The molecule has 0 radical (unpaired) electrons. The van der Waals surface area contributed by atoms with Gasteiger partial charge in [0.15, 0.2) is 5.65 Å². The van der Waals surface area contributed by atoms with Crippen LogP contribution in [0, 0.1) is 0 Å². The van der Waals surface area contributed by atoms with Crippen LogP contribution < -0.4 is 5.32 Å². The number of rotatable bonds is 5. The highest BCUT2D eigenvalue weighted by Crippen LogP contribution is 2.37. The van der Waals surface area contributed by atoms with E-state index in [1.807, 2.05) is 0 Å². The molecule has 35 heavy (non-hydrogen) atoms. The summed E-state index contributed by atoms with van der Waals surface area (Å²) in [6.45, 7) is 0.761. The maximum absolute atomic E-state index is 13.4. The lowest BCUT2D eigenvalue weighted by Crippen LogP contribution is -2.41. The van der Waals surface area contributed by atoms with Crippen molar-refractivity contribution in [3.05, 3.63) is 48.5 Å². The van der Waals surface area contributed by atoms with Gasteiger partial charge in [0, 0.05) is 30.9 Å². The molecular formula is C21H21F3N8O2S. The Bertz CT molecular complexity index is 1460. The molecule has 0 spiro atoms. The van der Waals surface area contributed by atoms with E-state index in [1.165, 1.54) is 33.7 Å². The number of alkyl halides is 3. The third-order valence-corrected chi connectivity index (χ3v) is 7.20. The van der Waals surface area contributed by atoms with Gasteiger partial charge in [-0.3, -0.25) is 5.10 Å². The third-order valence-electron chi connectivity index (χ3n) is 5.89. The number of halogens is 3. The van der Waals surface area contributed by atoms with Crippen LogP contribution in [0.2, 0.25) is 0 Å². The van der Waals surface area contributed by atoms with Crippen molar-refractivity contribution < 1.29 is 21.6 Å². The molecule has 0 bridgehead atoms. The van der Waals surface area contributed by atoms with Crippen molar-refractivity contribution in [1.29, 1.82) is 0 Å². The lowest BCUT2D eigenvalue weighted by Gasteiger charge is -2.30. The van der Waals surface area contributed by atoms with E-state index < -0.39 is 21.8 Å². The Kier molecular flexibility index (Phi) is 5.71. The van der Waals surface area contributed by atoms with Crippen LogP contribution >= 0.6 is 0 Å². The van der Waals surface area contributed by atoms with E-state index in [0.29, 0.717) is 48.4 Å². The second-order valence-corrected chi connectivity index (χ2v) is 10.3. The fourth-order valence-electron chi connectivity index (χ4n) is 4.15. The molecule has 5 rings (SSSR count). The molecule has 1 fully saturated rings. The SMILES string of the molecule is CS(=O)(=O)N1CCC(Nc2nc3c(-c4cccc(C(F)(F)F)c4)c(-c4cn[nH]c4)ncn3n2)CC1. The van der Waals surface area contributed by atoms with Crippen LogP contribution in [-0.4, -0.2) is 67.9 Å². The lowest BCUT2D eigenvalue weighted by atomic mass is 10.00. The van der Waals surface area contributed by atoms with Crippen LogP contribution in [0.15, 0.2) is 43.0 Å². The molecule has 1 aliphatic rings. The second kappa shape index (κ2) is 8.61. The van der Waals surface area contributed by atoms with Gasteiger partial charge >= 0.3 is 6.18 Å². The van der Waals surface area contributed by atoms with Crippen molar-refractivity contribution in [2.75, 3.05) is 24.7 Å². The van der Waals surface area contributed by atoms with Crippen molar-refractivity contribution in [3.8, 4) is 22.4 Å². The number of anilines is 1. The molecule has 0 amide bonds. The summed E-state index contributed by atoms with van der Waals surface area (Å²) in [6, 6.07) is 4.92. The van der Waals surface area contributed by atoms with Gasteiger partial charge in [-0.2, -0.15) is 27.8 Å². The van der Waals surface area contributed by atoms with Gasteiger partial charge in [0.05, 0.1) is 29.3 Å². The standard InChI is InChI=1S/C21H21F3N8O2S/c1-35(33,34)31-7-5-16(6-8-31)28-20-29-19-17(13-3-2-4-15(9-13)21(22,23)24)18(14-10-26-27-11-14)25-12-32(19)30-20/h2-4,9-12,16H,5-8H2,1H3,(H,26,27)(H,28,30). The Morgan fingerprint density at radius 1 is 1.17 bits per heavy atom. The summed E-state index contributed by atoms with van der Waals surface area (Å²) in [5, 5.41) is 14.3. The number of piperidine rings is 1. The summed E-state index contributed by atoms with van der Waals surface area (Å²) in [4.78, 5) is 9.00. The zero-order valence-corrected chi connectivity index (χ0v) is 19.3. The number of aromatic amines is 1. The summed E-state index contributed by atoms with van der Waals surface area (Å²) in [6.07, 6.45) is 2.39. The van der Waals surface area contributed by atoms with E-state index in [1.54, 1.807) is 12.3 Å². The van der Waals surface area contributed by atoms with E-state index in [4.69, 9.17) is 0 Å². The van der Waals surface area contributed by atoms with Crippen LogP contribution in [-0.2, 0) is 16.2 Å². The molecule has 3 aromatic heterocycles. The van der Waals surface area contributed by atoms with Crippen LogP contribution in [0.25, 0.3) is 28.0 Å². The Morgan fingerprint density at radius 3 is 2.60 bits per heavy atom. The number of H-pyrrole nitrogens is 1. The van der Waals surface area contributed by atoms with Crippen molar-refractivity contribution in [1.82, 2.24) is 34.1 Å². The summed E-state index contributed by atoms with van der Waals surface area (Å²) in [7, 11) is -3.25. The molecule has 2 N–H and O–H groups in total. The zero-order chi connectivity index (χ0) is 24.8. The summed E-state index contributed by atoms with van der Waals surface area (Å²) in [5.41, 5.74) is 1.20. The first kappa shape index (κ1) is 23.2. The van der Waals surface area contributed by atoms with E-state index >= 15 is 0 Å². The van der Waals surface area contributed by atoms with Gasteiger partial charge in [-0.05, 0) is 30.5 Å². The highest BCUT2D eigenvalue weighted by Gasteiger charge is 2.31. The van der Waals surface area contributed by atoms with Crippen LogP contribution in [0.4, 0.5) is 19.1 Å². The molecule has 14 heteroatoms. The van der Waals surface area contributed by atoms with Gasteiger partial charge in [0.25, 0.3) is 0 Å². The molecule has 1 aromatic carbocycles. The van der Waals surface area contributed by atoms with Gasteiger partial charge in [-0.15, -0.1) is 5.10 Å². The second-order valence-electron chi connectivity index (χ2n) is 8.32. The van der Waals surface area contributed by atoms with Crippen LogP contribution in [0.1, 0.15) is 18.4 Å². The van der Waals surface area contributed by atoms with Gasteiger partial charge in [-0.1, -0.05) is 12.1 Å². The molecular weight excluding hydrogens is 485 g/mol. The Morgan fingerprint density at radius 2 is 1.94 bits per heavy atom. The number of benzene rings is 1. The summed E-state index contributed by atoms with van der Waals surface area (Å²) >= 11 is 0. The Balaban J connectivity index is 1.54. The van der Waals surface area contributed by atoms with Gasteiger partial charge in [-0.25, -0.2) is 17.7 Å². The number of hydrogen-bond acceptors (Lipinski definition) is 7. The molecule has 184 valence electrons. The number of hydrogen-bond donors (Lipinski definition) is 2. The first-order valence-electron chi connectivity index (χ1n) is 10.7. The number of aromatic nitrogens is 6. The Labute approximate surface area is 198 Å². The van der Waals surface area contributed by atoms with Gasteiger partial charge in [0.2, 0.25) is 16.0 Å². The fourth-order valence-corrected chi connectivity index (χ4v) is 5.02. The van der Waals surface area contributed by atoms with Crippen molar-refractivity contribution in [2.45, 2.75) is 25.1 Å². The quantitative estimate of drug-likeness (QED) is 0.427. The first-order valence-corrected chi connectivity index (χ1v) is 12.6. The van der Waals surface area contributed by atoms with E-state index in [0.717, 1.165) is 12.1 Å². The molecule has 4 aromatic rings. The van der Waals surface area contributed by atoms with Crippen molar-refractivity contribution in [2.24, 2.45) is 0 Å². The van der Waals surface area contributed by atoms with Gasteiger partial charge < -0.3 is 5.32 Å². The predicted molar refractivity (Wildman–Crippen MR) is 122 cm³/mol. The average molecular weight is 507 g/mol. The molecule has 1 saturated heterocycles. The number of sulfonamides is 1. The number of fused-ring (bicyclic) bond motifs is 1. The molecule has 0 atom stereocenters. The summed E-state index contributed by atoms with van der Waals surface area (Å²) in [5.74, 6) is 0.280.